The van der Waals surface area contributed by atoms with Gasteiger partial charge in [-0.15, -0.1) is 0 Å². The third-order valence-corrected chi connectivity index (χ3v) is 8.20. The van der Waals surface area contributed by atoms with Crippen LogP contribution in [0.1, 0.15) is 96.0 Å². The van der Waals surface area contributed by atoms with Crippen LogP contribution in [0.15, 0.2) is 66.3 Å². The minimum Gasteiger partial charge on any atom is -0.365 e. The fraction of sp³-hybridized carbons (Fsp3) is 0.636. The smallest absolute Gasteiger partial charge is 0.0990 e. The molecule has 2 N–H and O–H groups in total. The van der Waals surface area contributed by atoms with Gasteiger partial charge in [0.25, 0.3) is 0 Å². The molecule has 3 rings (SSSR count). The molecule has 2 aliphatic rings. The van der Waals surface area contributed by atoms with Crippen molar-refractivity contribution >= 4 is 0 Å². The highest BCUT2D eigenvalue weighted by Crippen LogP contribution is 2.31. The molecule has 0 spiro atoms. The summed E-state index contributed by atoms with van der Waals surface area (Å²) in [6, 6.07) is 11.3. The van der Waals surface area contributed by atoms with Crippen LogP contribution in [0.4, 0.5) is 0 Å². The molecular formula is C33H52N2O. The van der Waals surface area contributed by atoms with E-state index in [4.69, 9.17) is 10.5 Å². The summed E-state index contributed by atoms with van der Waals surface area (Å²) >= 11 is 0. The molecule has 1 saturated heterocycles. The standard InChI is InChI=1S/C33H52N2O/c1-4-29(13-11-12-27(2)22-28(3)23-30-16-18-33(34)19-17-30)24-32(31-14-7-5-8-15-31)25-36-26-35-20-9-6-10-21-35/h4-5,7-8,12-15,28,30,32-33H,1,6,9-11,16-26,34H2,2-3H3/b27-12-,29-13+. The van der Waals surface area contributed by atoms with Crippen LogP contribution in [0, 0.1) is 11.8 Å². The average molecular weight is 493 g/mol. The lowest BCUT2D eigenvalue weighted by atomic mass is 9.80. The van der Waals surface area contributed by atoms with E-state index in [0.29, 0.717) is 12.0 Å². The van der Waals surface area contributed by atoms with Crippen LogP contribution in [0.2, 0.25) is 0 Å². The first-order valence-corrected chi connectivity index (χ1v) is 14.6. The maximum atomic E-state index is 6.24. The minimum absolute atomic E-state index is 0.356. The maximum Gasteiger partial charge on any atom is 0.0990 e. The predicted octanol–water partition coefficient (Wildman–Crippen LogP) is 8.00. The number of nitrogens with zero attached hydrogens (tertiary/aromatic N) is 1. The molecule has 0 aromatic heterocycles. The molecule has 200 valence electrons. The summed E-state index contributed by atoms with van der Waals surface area (Å²) in [5.41, 5.74) is 10.3. The highest BCUT2D eigenvalue weighted by atomic mass is 16.5. The van der Waals surface area contributed by atoms with E-state index in [9.17, 15) is 0 Å². The second kappa shape index (κ2) is 16.2. The number of nitrogens with two attached hydrogens (primary N) is 1. The molecule has 1 saturated carbocycles. The highest BCUT2D eigenvalue weighted by molar-refractivity contribution is 5.26. The molecule has 2 atom stereocenters. The molecule has 3 heteroatoms. The predicted molar refractivity (Wildman–Crippen MR) is 155 cm³/mol. The summed E-state index contributed by atoms with van der Waals surface area (Å²) < 4.78 is 6.24. The number of likely N-dealkylation sites (tertiary alicyclic amines) is 1. The number of piperidine rings is 1. The molecule has 0 bridgehead atoms. The Morgan fingerprint density at radius 2 is 1.78 bits per heavy atom. The second-order valence-corrected chi connectivity index (χ2v) is 11.6. The molecular weight excluding hydrogens is 440 g/mol. The summed E-state index contributed by atoms with van der Waals surface area (Å²) in [4.78, 5) is 2.45. The Morgan fingerprint density at radius 3 is 2.47 bits per heavy atom. The Kier molecular flexibility index (Phi) is 13.0. The first-order chi connectivity index (χ1) is 17.5. The normalized spacial score (nSPS) is 23.9. The lowest BCUT2D eigenvalue weighted by molar-refractivity contribution is 0.0125. The summed E-state index contributed by atoms with van der Waals surface area (Å²) in [5.74, 6) is 1.99. The maximum absolute atomic E-state index is 6.24. The molecule has 1 aromatic carbocycles. The zero-order valence-corrected chi connectivity index (χ0v) is 23.2. The number of hydrogen-bond donors (Lipinski definition) is 1. The minimum atomic E-state index is 0.356. The molecule has 1 aliphatic carbocycles. The van der Waals surface area contributed by atoms with E-state index in [2.05, 4.69) is 67.8 Å². The van der Waals surface area contributed by atoms with Crippen molar-refractivity contribution in [1.82, 2.24) is 4.90 Å². The van der Waals surface area contributed by atoms with Gasteiger partial charge in [-0.2, -0.15) is 0 Å². The third-order valence-electron chi connectivity index (χ3n) is 8.20. The van der Waals surface area contributed by atoms with E-state index in [1.807, 2.05) is 6.08 Å². The summed E-state index contributed by atoms with van der Waals surface area (Å²) in [6.45, 7) is 12.7. The van der Waals surface area contributed by atoms with Crippen LogP contribution in [0.3, 0.4) is 0 Å². The fourth-order valence-electron chi connectivity index (χ4n) is 6.07. The average Bonchev–Trinajstić information content (AvgIpc) is 2.89. The van der Waals surface area contributed by atoms with E-state index in [0.717, 1.165) is 38.0 Å². The molecule has 1 aromatic rings. The number of benzene rings is 1. The van der Waals surface area contributed by atoms with E-state index in [-0.39, 0.29) is 0 Å². The van der Waals surface area contributed by atoms with Crippen LogP contribution in [0.5, 0.6) is 0 Å². The van der Waals surface area contributed by atoms with Gasteiger partial charge < -0.3 is 10.5 Å². The first kappa shape index (κ1) is 28.9. The zero-order valence-electron chi connectivity index (χ0n) is 23.2. The third kappa shape index (κ3) is 10.7. The van der Waals surface area contributed by atoms with E-state index >= 15 is 0 Å². The van der Waals surface area contributed by atoms with Crippen molar-refractivity contribution in [3.05, 3.63) is 71.8 Å². The van der Waals surface area contributed by atoms with Crippen molar-refractivity contribution < 1.29 is 4.74 Å². The Morgan fingerprint density at radius 1 is 1.06 bits per heavy atom. The first-order valence-electron chi connectivity index (χ1n) is 14.6. The van der Waals surface area contributed by atoms with Crippen LogP contribution >= 0.6 is 0 Å². The van der Waals surface area contributed by atoms with Crippen molar-refractivity contribution in [2.45, 2.75) is 96.4 Å². The van der Waals surface area contributed by atoms with Gasteiger partial charge in [-0.1, -0.05) is 79.6 Å². The Hall–Kier alpha value is -1.68. The van der Waals surface area contributed by atoms with Gasteiger partial charge in [0.05, 0.1) is 13.3 Å². The summed E-state index contributed by atoms with van der Waals surface area (Å²) in [5, 5.41) is 0. The number of ether oxygens (including phenoxy) is 1. The Balaban J connectivity index is 1.48. The Labute approximate surface area is 221 Å². The van der Waals surface area contributed by atoms with E-state index in [1.54, 1.807) is 0 Å². The number of hydrogen-bond acceptors (Lipinski definition) is 3. The molecule has 1 aliphatic heterocycles. The van der Waals surface area contributed by atoms with Gasteiger partial charge in [-0.3, -0.25) is 4.90 Å². The topological polar surface area (TPSA) is 38.5 Å². The highest BCUT2D eigenvalue weighted by Gasteiger charge is 2.20. The van der Waals surface area contributed by atoms with Gasteiger partial charge in [-0.25, -0.2) is 0 Å². The van der Waals surface area contributed by atoms with Crippen LogP contribution < -0.4 is 5.73 Å². The van der Waals surface area contributed by atoms with Crippen molar-refractivity contribution in [2.24, 2.45) is 17.6 Å². The van der Waals surface area contributed by atoms with Gasteiger partial charge in [0, 0.05) is 25.0 Å². The van der Waals surface area contributed by atoms with Crippen LogP contribution in [-0.2, 0) is 4.74 Å². The SMILES string of the molecule is C=C/C(=C\C/C=C(/C)CC(C)CC1CCC(N)CC1)CC(COCN1CCCCC1)c1ccccc1. The van der Waals surface area contributed by atoms with Crippen molar-refractivity contribution in [3.8, 4) is 0 Å². The number of allylic oxidation sites excluding steroid dienone is 5. The largest absolute Gasteiger partial charge is 0.365 e. The molecule has 2 fully saturated rings. The van der Waals surface area contributed by atoms with Crippen molar-refractivity contribution in [3.63, 3.8) is 0 Å². The molecule has 0 radical (unpaired) electrons. The van der Waals surface area contributed by atoms with Gasteiger partial charge in [0.15, 0.2) is 0 Å². The quantitative estimate of drug-likeness (QED) is 0.211. The molecule has 36 heavy (non-hydrogen) atoms. The summed E-state index contributed by atoms with van der Waals surface area (Å²) in [7, 11) is 0. The lowest BCUT2D eigenvalue weighted by Gasteiger charge is -2.28. The van der Waals surface area contributed by atoms with Gasteiger partial charge in [-0.05, 0) is 88.5 Å². The van der Waals surface area contributed by atoms with Crippen molar-refractivity contribution in [2.75, 3.05) is 26.4 Å². The van der Waals surface area contributed by atoms with Gasteiger partial charge in [0.2, 0.25) is 0 Å². The molecule has 2 unspecified atom stereocenters. The molecule has 3 nitrogen and oxygen atoms in total. The van der Waals surface area contributed by atoms with Crippen LogP contribution in [-0.4, -0.2) is 37.4 Å². The van der Waals surface area contributed by atoms with Gasteiger partial charge in [0.1, 0.15) is 0 Å². The zero-order chi connectivity index (χ0) is 25.6. The molecule has 1 heterocycles. The molecule has 0 amide bonds. The Bertz CT molecular complexity index is 800. The van der Waals surface area contributed by atoms with E-state index < -0.39 is 0 Å². The monoisotopic (exact) mass is 492 g/mol. The summed E-state index contributed by atoms with van der Waals surface area (Å²) in [6.07, 6.45) is 20.4. The van der Waals surface area contributed by atoms with E-state index in [1.165, 1.54) is 87.6 Å². The van der Waals surface area contributed by atoms with Gasteiger partial charge >= 0.3 is 0 Å². The van der Waals surface area contributed by atoms with Crippen LogP contribution in [0.25, 0.3) is 0 Å². The lowest BCUT2D eigenvalue weighted by Crippen LogP contribution is -2.32. The second-order valence-electron chi connectivity index (χ2n) is 11.6. The number of rotatable bonds is 14. The van der Waals surface area contributed by atoms with Crippen molar-refractivity contribution in [1.29, 1.82) is 0 Å². The fourth-order valence-corrected chi connectivity index (χ4v) is 6.07.